The van der Waals surface area contributed by atoms with E-state index in [1.54, 1.807) is 74.4 Å². The van der Waals surface area contributed by atoms with Gasteiger partial charge in [-0.05, 0) is 92.9 Å². The van der Waals surface area contributed by atoms with E-state index in [1.807, 2.05) is 0 Å². The Kier molecular flexibility index (Phi) is 9.33. The van der Waals surface area contributed by atoms with Crippen LogP contribution >= 0.6 is 0 Å². The Hall–Kier alpha value is -2.77. The second-order valence-electron chi connectivity index (χ2n) is 11.1. The van der Waals surface area contributed by atoms with Gasteiger partial charge in [-0.25, -0.2) is 9.59 Å². The van der Waals surface area contributed by atoms with E-state index in [1.165, 1.54) is 12.1 Å². The highest BCUT2D eigenvalue weighted by molar-refractivity contribution is 5.83. The minimum Gasteiger partial charge on any atom is -0.508 e. The fraction of sp³-hybridized carbons (Fsp3) is 0.640. The van der Waals surface area contributed by atoms with Gasteiger partial charge in [-0.2, -0.15) is 0 Å². The minimum atomic E-state index is -1.13. The molecule has 0 fully saturated rings. The van der Waals surface area contributed by atoms with E-state index in [2.05, 4.69) is 5.32 Å². The summed E-state index contributed by atoms with van der Waals surface area (Å²) >= 11 is 0. The van der Waals surface area contributed by atoms with Gasteiger partial charge >= 0.3 is 18.0 Å². The molecule has 1 aromatic carbocycles. The van der Waals surface area contributed by atoms with Crippen molar-refractivity contribution in [1.29, 1.82) is 0 Å². The summed E-state index contributed by atoms with van der Waals surface area (Å²) in [5.74, 6) is -1.84. The summed E-state index contributed by atoms with van der Waals surface area (Å²) in [5.41, 5.74) is -1.52. The van der Waals surface area contributed by atoms with Crippen LogP contribution in [0.25, 0.3) is 0 Å². The molecule has 2 N–H and O–H groups in total. The van der Waals surface area contributed by atoms with Crippen molar-refractivity contribution in [3.63, 3.8) is 0 Å². The maximum Gasteiger partial charge on any atom is 0.408 e. The number of alkyl carbamates (subject to hydrolysis) is 1. The summed E-state index contributed by atoms with van der Waals surface area (Å²) in [4.78, 5) is 38.4. The standard InChI is InChI=1S/C25H39NO7/c1-23(2,3)31-20(28)17(14-16-10-12-18(27)13-11-16)15-19(21(29)32-24(4,5)6)26-22(30)33-25(7,8)9/h10-13,17,19,27H,14-15H2,1-9H3,(H,26,30)/t17?,19-/m0/s1. The molecule has 8 heteroatoms. The summed E-state index contributed by atoms with van der Waals surface area (Å²) in [6.45, 7) is 15.6. The Balaban J connectivity index is 3.21. The van der Waals surface area contributed by atoms with Crippen LogP contribution in [0.1, 0.15) is 74.3 Å². The molecule has 0 aromatic heterocycles. The largest absolute Gasteiger partial charge is 0.508 e. The zero-order chi connectivity index (χ0) is 25.6. The van der Waals surface area contributed by atoms with Crippen LogP contribution in [0.2, 0.25) is 0 Å². The highest BCUT2D eigenvalue weighted by Crippen LogP contribution is 2.23. The lowest BCUT2D eigenvalue weighted by Gasteiger charge is -2.29. The van der Waals surface area contributed by atoms with E-state index in [-0.39, 0.29) is 18.6 Å². The maximum atomic E-state index is 13.0. The van der Waals surface area contributed by atoms with E-state index >= 15 is 0 Å². The molecule has 0 bridgehead atoms. The predicted molar refractivity (Wildman–Crippen MR) is 125 cm³/mol. The van der Waals surface area contributed by atoms with Crippen molar-refractivity contribution in [3.8, 4) is 5.75 Å². The lowest BCUT2D eigenvalue weighted by atomic mass is 9.92. The van der Waals surface area contributed by atoms with Crippen molar-refractivity contribution in [1.82, 2.24) is 5.32 Å². The molecule has 1 aromatic rings. The number of amides is 1. The molecule has 33 heavy (non-hydrogen) atoms. The Bertz CT molecular complexity index is 811. The van der Waals surface area contributed by atoms with Crippen molar-refractivity contribution in [2.45, 2.75) is 98.0 Å². The molecule has 1 unspecified atom stereocenters. The first kappa shape index (κ1) is 28.3. The number of phenols is 1. The first-order chi connectivity index (χ1) is 14.8. The van der Waals surface area contributed by atoms with Gasteiger partial charge in [0.25, 0.3) is 0 Å². The van der Waals surface area contributed by atoms with E-state index < -0.39 is 46.8 Å². The van der Waals surface area contributed by atoms with Crippen molar-refractivity contribution in [2.75, 3.05) is 0 Å². The van der Waals surface area contributed by atoms with E-state index in [4.69, 9.17) is 14.2 Å². The first-order valence-corrected chi connectivity index (χ1v) is 11.1. The molecule has 2 atom stereocenters. The van der Waals surface area contributed by atoms with Gasteiger partial charge in [0.05, 0.1) is 5.92 Å². The number of aromatic hydroxyl groups is 1. The van der Waals surface area contributed by atoms with Crippen LogP contribution in [-0.4, -0.2) is 46.0 Å². The molecule has 0 heterocycles. The number of hydrogen-bond acceptors (Lipinski definition) is 7. The molecule has 0 radical (unpaired) electrons. The average molecular weight is 466 g/mol. The SMILES string of the molecule is CC(C)(C)OC(=O)N[C@@H](CC(Cc1ccc(O)cc1)C(=O)OC(C)(C)C)C(=O)OC(C)(C)C. The summed E-state index contributed by atoms with van der Waals surface area (Å²) < 4.78 is 16.4. The third-order valence-electron chi connectivity index (χ3n) is 4.06. The number of hydrogen-bond donors (Lipinski definition) is 2. The third-order valence-corrected chi connectivity index (χ3v) is 4.06. The van der Waals surface area contributed by atoms with Crippen LogP contribution < -0.4 is 5.32 Å². The van der Waals surface area contributed by atoms with E-state index in [0.29, 0.717) is 0 Å². The lowest BCUT2D eigenvalue weighted by molar-refractivity contribution is -0.162. The number of rotatable bonds is 7. The van der Waals surface area contributed by atoms with Crippen molar-refractivity contribution >= 4 is 18.0 Å². The molecule has 0 spiro atoms. The lowest BCUT2D eigenvalue weighted by Crippen LogP contribution is -2.48. The first-order valence-electron chi connectivity index (χ1n) is 11.1. The van der Waals surface area contributed by atoms with Crippen molar-refractivity contribution in [3.05, 3.63) is 29.8 Å². The number of nitrogens with one attached hydrogen (secondary N) is 1. The molecule has 186 valence electrons. The van der Waals surface area contributed by atoms with Crippen LogP contribution in [-0.2, 0) is 30.2 Å². The van der Waals surface area contributed by atoms with Gasteiger partial charge < -0.3 is 24.6 Å². The van der Waals surface area contributed by atoms with Crippen LogP contribution in [0.5, 0.6) is 5.75 Å². The van der Waals surface area contributed by atoms with E-state index in [9.17, 15) is 19.5 Å². The van der Waals surface area contributed by atoms with Gasteiger partial charge in [0.2, 0.25) is 0 Å². The third kappa shape index (κ3) is 12.2. The van der Waals surface area contributed by atoms with Crippen LogP contribution in [0.4, 0.5) is 4.79 Å². The molecule has 1 amide bonds. The van der Waals surface area contributed by atoms with Crippen LogP contribution in [0.15, 0.2) is 24.3 Å². The number of carbonyl (C=O) groups excluding carboxylic acids is 3. The van der Waals surface area contributed by atoms with Crippen LogP contribution in [0.3, 0.4) is 0 Å². The Morgan fingerprint density at radius 1 is 0.788 bits per heavy atom. The second kappa shape index (κ2) is 10.9. The summed E-state index contributed by atoms with van der Waals surface area (Å²) in [6.07, 6.45) is -0.597. The van der Waals surface area contributed by atoms with Gasteiger partial charge in [-0.15, -0.1) is 0 Å². The normalized spacial score (nSPS) is 14.1. The fourth-order valence-electron chi connectivity index (χ4n) is 2.89. The van der Waals surface area contributed by atoms with Gasteiger partial charge in [-0.3, -0.25) is 4.79 Å². The molecule has 8 nitrogen and oxygen atoms in total. The van der Waals surface area contributed by atoms with Crippen molar-refractivity contribution < 1.29 is 33.7 Å². The fourth-order valence-corrected chi connectivity index (χ4v) is 2.89. The molecule has 1 rings (SSSR count). The Labute approximate surface area is 197 Å². The summed E-state index contributed by atoms with van der Waals surface area (Å²) in [6, 6.07) is 5.29. The molecular weight excluding hydrogens is 426 g/mol. The zero-order valence-corrected chi connectivity index (χ0v) is 21.3. The Morgan fingerprint density at radius 2 is 1.24 bits per heavy atom. The zero-order valence-electron chi connectivity index (χ0n) is 21.3. The van der Waals surface area contributed by atoms with Gasteiger partial charge in [0.15, 0.2) is 0 Å². The number of benzene rings is 1. The average Bonchev–Trinajstić information content (AvgIpc) is 2.57. The van der Waals surface area contributed by atoms with Gasteiger partial charge in [-0.1, -0.05) is 12.1 Å². The molecule has 0 aliphatic carbocycles. The highest BCUT2D eigenvalue weighted by atomic mass is 16.6. The molecule has 0 aliphatic rings. The number of carbonyl (C=O) groups is 3. The van der Waals surface area contributed by atoms with Crippen molar-refractivity contribution in [2.24, 2.45) is 5.92 Å². The number of ether oxygens (including phenoxy) is 3. The Morgan fingerprint density at radius 3 is 1.70 bits per heavy atom. The van der Waals surface area contributed by atoms with Gasteiger partial charge in [0, 0.05) is 0 Å². The minimum absolute atomic E-state index is 0.0516. The molecule has 0 saturated carbocycles. The predicted octanol–water partition coefficient (Wildman–Crippen LogP) is 4.52. The second-order valence-corrected chi connectivity index (χ2v) is 11.1. The summed E-state index contributed by atoms with van der Waals surface area (Å²) in [5, 5.41) is 12.1. The maximum absolute atomic E-state index is 13.0. The molecule has 0 aliphatic heterocycles. The smallest absolute Gasteiger partial charge is 0.408 e. The van der Waals surface area contributed by atoms with Gasteiger partial charge in [0.1, 0.15) is 28.6 Å². The monoisotopic (exact) mass is 465 g/mol. The summed E-state index contributed by atoms with van der Waals surface area (Å²) in [7, 11) is 0. The quantitative estimate of drug-likeness (QED) is 0.450. The highest BCUT2D eigenvalue weighted by Gasteiger charge is 2.35. The molecule has 0 saturated heterocycles. The van der Waals surface area contributed by atoms with E-state index in [0.717, 1.165) is 5.56 Å². The molecular formula is C25H39NO7. The number of phenolic OH excluding ortho intramolecular Hbond substituents is 1. The number of esters is 2. The van der Waals surface area contributed by atoms with Crippen LogP contribution in [0, 0.1) is 5.92 Å². The topological polar surface area (TPSA) is 111 Å².